The zero-order valence-corrected chi connectivity index (χ0v) is 11.4. The Kier molecular flexibility index (Phi) is 4.22. The summed E-state index contributed by atoms with van der Waals surface area (Å²) in [5.41, 5.74) is -0.570. The van der Waals surface area contributed by atoms with Crippen molar-refractivity contribution in [3.05, 3.63) is 6.20 Å². The molecule has 102 valence electrons. The molecule has 0 spiro atoms. The van der Waals surface area contributed by atoms with Gasteiger partial charge in [-0.1, -0.05) is 31.9 Å². The SMILES string of the molecule is CCCn1nncc1NCC1(O)CCCC(C)C1. The van der Waals surface area contributed by atoms with Crippen molar-refractivity contribution in [2.24, 2.45) is 5.92 Å². The van der Waals surface area contributed by atoms with Gasteiger partial charge in [0.2, 0.25) is 0 Å². The van der Waals surface area contributed by atoms with E-state index >= 15 is 0 Å². The van der Waals surface area contributed by atoms with E-state index in [0.717, 1.165) is 38.0 Å². The first-order valence-corrected chi connectivity index (χ1v) is 6.98. The van der Waals surface area contributed by atoms with E-state index in [1.54, 1.807) is 6.20 Å². The first kappa shape index (κ1) is 13.3. The molecule has 1 saturated carbocycles. The van der Waals surface area contributed by atoms with Gasteiger partial charge in [-0.05, 0) is 25.2 Å². The van der Waals surface area contributed by atoms with E-state index < -0.39 is 5.60 Å². The third kappa shape index (κ3) is 3.22. The van der Waals surface area contributed by atoms with E-state index in [1.165, 1.54) is 6.42 Å². The Bertz CT molecular complexity index is 379. The van der Waals surface area contributed by atoms with Gasteiger partial charge in [0.25, 0.3) is 0 Å². The summed E-state index contributed by atoms with van der Waals surface area (Å²) in [5, 5.41) is 21.8. The first-order chi connectivity index (χ1) is 8.63. The molecule has 0 amide bonds. The van der Waals surface area contributed by atoms with Gasteiger partial charge >= 0.3 is 0 Å². The second-order valence-electron chi connectivity index (χ2n) is 5.62. The van der Waals surface area contributed by atoms with Crippen molar-refractivity contribution in [3.8, 4) is 0 Å². The second kappa shape index (κ2) is 5.69. The number of aromatic nitrogens is 3. The largest absolute Gasteiger partial charge is 0.388 e. The molecule has 5 nitrogen and oxygen atoms in total. The number of nitrogens with one attached hydrogen (secondary N) is 1. The minimum absolute atomic E-state index is 0.570. The fourth-order valence-corrected chi connectivity index (χ4v) is 2.82. The van der Waals surface area contributed by atoms with E-state index in [1.807, 2.05) is 4.68 Å². The Morgan fingerprint density at radius 2 is 2.44 bits per heavy atom. The van der Waals surface area contributed by atoms with Crippen LogP contribution in [0.15, 0.2) is 6.20 Å². The van der Waals surface area contributed by atoms with Crippen molar-refractivity contribution in [1.82, 2.24) is 15.0 Å². The molecule has 2 N–H and O–H groups in total. The Labute approximate surface area is 109 Å². The fourth-order valence-electron chi connectivity index (χ4n) is 2.82. The van der Waals surface area contributed by atoms with Crippen molar-refractivity contribution < 1.29 is 5.11 Å². The van der Waals surface area contributed by atoms with E-state index in [-0.39, 0.29) is 0 Å². The number of aliphatic hydroxyl groups is 1. The van der Waals surface area contributed by atoms with E-state index in [2.05, 4.69) is 29.5 Å². The lowest BCUT2D eigenvalue weighted by Crippen LogP contribution is -2.41. The molecule has 1 aliphatic carbocycles. The van der Waals surface area contributed by atoms with Crippen LogP contribution in [0.3, 0.4) is 0 Å². The highest BCUT2D eigenvalue weighted by molar-refractivity contribution is 5.31. The van der Waals surface area contributed by atoms with E-state index in [4.69, 9.17) is 0 Å². The number of nitrogens with zero attached hydrogens (tertiary/aromatic N) is 3. The molecule has 1 aliphatic rings. The Balaban J connectivity index is 1.91. The summed E-state index contributed by atoms with van der Waals surface area (Å²) in [6.07, 6.45) is 6.88. The molecular weight excluding hydrogens is 228 g/mol. The summed E-state index contributed by atoms with van der Waals surface area (Å²) >= 11 is 0. The molecule has 0 bridgehead atoms. The van der Waals surface area contributed by atoms with Crippen molar-refractivity contribution in [2.45, 2.75) is 58.1 Å². The van der Waals surface area contributed by atoms with Gasteiger partial charge in [0.05, 0.1) is 11.8 Å². The van der Waals surface area contributed by atoms with Crippen LogP contribution in [0.25, 0.3) is 0 Å². The maximum Gasteiger partial charge on any atom is 0.144 e. The van der Waals surface area contributed by atoms with Crippen LogP contribution in [0.2, 0.25) is 0 Å². The Morgan fingerprint density at radius 1 is 1.61 bits per heavy atom. The van der Waals surface area contributed by atoms with Gasteiger partial charge in [0.1, 0.15) is 5.82 Å². The van der Waals surface area contributed by atoms with Gasteiger partial charge in [0, 0.05) is 13.1 Å². The predicted molar refractivity (Wildman–Crippen MR) is 71.4 cm³/mol. The zero-order chi connectivity index (χ0) is 13.0. The smallest absolute Gasteiger partial charge is 0.144 e. The molecule has 2 atom stereocenters. The van der Waals surface area contributed by atoms with Crippen molar-refractivity contribution in [1.29, 1.82) is 0 Å². The van der Waals surface area contributed by atoms with Gasteiger partial charge in [0.15, 0.2) is 0 Å². The molecule has 0 radical (unpaired) electrons. The van der Waals surface area contributed by atoms with Gasteiger partial charge in [-0.2, -0.15) is 0 Å². The van der Waals surface area contributed by atoms with Gasteiger partial charge in [-0.25, -0.2) is 4.68 Å². The molecular formula is C13H24N4O. The van der Waals surface area contributed by atoms with Gasteiger partial charge in [-0.3, -0.25) is 0 Å². The lowest BCUT2D eigenvalue weighted by atomic mass is 9.79. The highest BCUT2D eigenvalue weighted by atomic mass is 16.3. The zero-order valence-electron chi connectivity index (χ0n) is 11.4. The number of aryl methyl sites for hydroxylation is 1. The van der Waals surface area contributed by atoms with Crippen LogP contribution in [0, 0.1) is 5.92 Å². The van der Waals surface area contributed by atoms with Crippen LogP contribution < -0.4 is 5.32 Å². The number of hydrogen-bond acceptors (Lipinski definition) is 4. The van der Waals surface area contributed by atoms with Gasteiger partial charge < -0.3 is 10.4 Å². The highest BCUT2D eigenvalue weighted by Crippen LogP contribution is 2.32. The molecule has 18 heavy (non-hydrogen) atoms. The summed E-state index contributed by atoms with van der Waals surface area (Å²) < 4.78 is 1.86. The minimum atomic E-state index is -0.570. The molecule has 1 aromatic rings. The normalized spacial score (nSPS) is 28.3. The van der Waals surface area contributed by atoms with E-state index in [9.17, 15) is 5.11 Å². The predicted octanol–water partition coefficient (Wildman–Crippen LogP) is 2.04. The molecule has 2 unspecified atom stereocenters. The summed E-state index contributed by atoms with van der Waals surface area (Å²) in [6.45, 7) is 5.78. The number of hydrogen-bond donors (Lipinski definition) is 2. The lowest BCUT2D eigenvalue weighted by molar-refractivity contribution is -0.000887. The number of anilines is 1. The fraction of sp³-hybridized carbons (Fsp3) is 0.846. The third-order valence-electron chi connectivity index (χ3n) is 3.72. The van der Waals surface area contributed by atoms with Crippen LogP contribution >= 0.6 is 0 Å². The number of rotatable bonds is 5. The lowest BCUT2D eigenvalue weighted by Gasteiger charge is -2.35. The van der Waals surface area contributed by atoms with Crippen LogP contribution in [-0.4, -0.2) is 32.2 Å². The molecule has 2 rings (SSSR count). The van der Waals surface area contributed by atoms with Crippen molar-refractivity contribution in [3.63, 3.8) is 0 Å². The maximum absolute atomic E-state index is 10.5. The van der Waals surface area contributed by atoms with Crippen molar-refractivity contribution >= 4 is 5.82 Å². The molecule has 0 aromatic carbocycles. The summed E-state index contributed by atoms with van der Waals surface area (Å²) in [5.74, 6) is 1.52. The van der Waals surface area contributed by atoms with Crippen LogP contribution in [0.1, 0.15) is 46.0 Å². The first-order valence-electron chi connectivity index (χ1n) is 6.98. The minimum Gasteiger partial charge on any atom is -0.388 e. The Hall–Kier alpha value is -1.10. The topological polar surface area (TPSA) is 63.0 Å². The molecule has 0 saturated heterocycles. The summed E-state index contributed by atoms with van der Waals surface area (Å²) in [6, 6.07) is 0. The quantitative estimate of drug-likeness (QED) is 0.842. The van der Waals surface area contributed by atoms with E-state index in [0.29, 0.717) is 12.5 Å². The Morgan fingerprint density at radius 3 is 3.17 bits per heavy atom. The average Bonchev–Trinajstić information content (AvgIpc) is 2.74. The third-order valence-corrected chi connectivity index (χ3v) is 3.72. The van der Waals surface area contributed by atoms with Gasteiger partial charge in [-0.15, -0.1) is 5.10 Å². The molecule has 1 aromatic heterocycles. The van der Waals surface area contributed by atoms with Crippen molar-refractivity contribution in [2.75, 3.05) is 11.9 Å². The highest BCUT2D eigenvalue weighted by Gasteiger charge is 2.32. The summed E-state index contributed by atoms with van der Waals surface area (Å²) in [4.78, 5) is 0. The maximum atomic E-state index is 10.5. The molecule has 1 fully saturated rings. The van der Waals surface area contributed by atoms with Crippen LogP contribution in [0.5, 0.6) is 0 Å². The molecule has 5 heteroatoms. The monoisotopic (exact) mass is 252 g/mol. The molecule has 1 heterocycles. The second-order valence-corrected chi connectivity index (χ2v) is 5.62. The van der Waals surface area contributed by atoms with Crippen LogP contribution in [-0.2, 0) is 6.54 Å². The standard InChI is InChI=1S/C13H24N4O/c1-3-7-17-12(9-15-16-17)14-10-13(18)6-4-5-11(2)8-13/h9,11,14,18H,3-8,10H2,1-2H3. The van der Waals surface area contributed by atoms with Crippen LogP contribution in [0.4, 0.5) is 5.82 Å². The summed E-state index contributed by atoms with van der Waals surface area (Å²) in [7, 11) is 0. The molecule has 0 aliphatic heterocycles. The average molecular weight is 252 g/mol.